The molecule has 2 amide bonds. The van der Waals surface area contributed by atoms with Crippen molar-refractivity contribution < 1.29 is 14.3 Å². The highest BCUT2D eigenvalue weighted by molar-refractivity contribution is 5.99. The molecule has 0 aromatic heterocycles. The molecule has 2 N–H and O–H groups in total. The largest absolute Gasteiger partial charge is 0.496 e. The zero-order chi connectivity index (χ0) is 18.5. The molecule has 0 bridgehead atoms. The van der Waals surface area contributed by atoms with Crippen molar-refractivity contribution in [3.63, 3.8) is 0 Å². The van der Waals surface area contributed by atoms with Crippen molar-refractivity contribution in [1.82, 2.24) is 4.90 Å². The van der Waals surface area contributed by atoms with Gasteiger partial charge in [0.25, 0.3) is 5.91 Å². The predicted molar refractivity (Wildman–Crippen MR) is 100 cm³/mol. The number of rotatable bonds is 5. The highest BCUT2D eigenvalue weighted by atomic mass is 16.5. The maximum absolute atomic E-state index is 12.7. The van der Waals surface area contributed by atoms with Gasteiger partial charge in [-0.2, -0.15) is 0 Å². The fraction of sp³-hybridized carbons (Fsp3) is 0.333. The molecule has 1 fully saturated rings. The number of amides is 2. The smallest absolute Gasteiger partial charge is 0.253 e. The van der Waals surface area contributed by atoms with Crippen LogP contribution >= 0.6 is 0 Å². The summed E-state index contributed by atoms with van der Waals surface area (Å²) in [5.74, 6) is 0.903. The maximum atomic E-state index is 12.7. The Morgan fingerprint density at radius 2 is 1.77 bits per heavy atom. The Hall–Kier alpha value is -2.82. The first-order valence-corrected chi connectivity index (χ1v) is 8.89. The number of nitrogens with two attached hydrogens (primary N) is 1. The van der Waals surface area contributed by atoms with Crippen molar-refractivity contribution in [1.29, 1.82) is 0 Å². The Labute approximate surface area is 153 Å². The molecule has 5 heteroatoms. The third-order valence-electron chi connectivity index (χ3n) is 5.00. The van der Waals surface area contributed by atoms with Crippen LogP contribution in [0.1, 0.15) is 39.1 Å². The minimum Gasteiger partial charge on any atom is -0.496 e. The second-order valence-corrected chi connectivity index (χ2v) is 6.70. The van der Waals surface area contributed by atoms with Crippen LogP contribution in [0.5, 0.6) is 5.75 Å². The van der Waals surface area contributed by atoms with Crippen LogP contribution in [0, 0.1) is 5.92 Å². The van der Waals surface area contributed by atoms with E-state index in [1.807, 2.05) is 23.1 Å². The second kappa shape index (κ2) is 8.04. The molecule has 0 atom stereocenters. The van der Waals surface area contributed by atoms with Gasteiger partial charge in [0, 0.05) is 24.2 Å². The van der Waals surface area contributed by atoms with E-state index in [4.69, 9.17) is 10.5 Å². The number of carbonyl (C=O) groups is 2. The summed E-state index contributed by atoms with van der Waals surface area (Å²) in [4.78, 5) is 25.9. The molecule has 26 heavy (non-hydrogen) atoms. The van der Waals surface area contributed by atoms with Gasteiger partial charge in [0.2, 0.25) is 5.91 Å². The van der Waals surface area contributed by atoms with Crippen molar-refractivity contribution in [2.75, 3.05) is 20.2 Å². The molecule has 0 aliphatic carbocycles. The van der Waals surface area contributed by atoms with Crippen molar-refractivity contribution in [2.45, 2.75) is 19.3 Å². The fourth-order valence-electron chi connectivity index (χ4n) is 3.51. The topological polar surface area (TPSA) is 72.6 Å². The molecule has 3 rings (SSSR count). The van der Waals surface area contributed by atoms with E-state index in [0.717, 1.165) is 38.1 Å². The van der Waals surface area contributed by atoms with Gasteiger partial charge in [0.05, 0.1) is 7.11 Å². The van der Waals surface area contributed by atoms with Crippen LogP contribution in [0.4, 0.5) is 0 Å². The van der Waals surface area contributed by atoms with Crippen molar-refractivity contribution in [3.8, 4) is 5.75 Å². The van der Waals surface area contributed by atoms with Gasteiger partial charge < -0.3 is 15.4 Å². The number of hydrogen-bond acceptors (Lipinski definition) is 3. The minimum absolute atomic E-state index is 0.0381. The quantitative estimate of drug-likeness (QED) is 0.899. The summed E-state index contributed by atoms with van der Waals surface area (Å²) in [6, 6.07) is 14.7. The number of para-hydroxylation sites is 1. The number of hydrogen-bond donors (Lipinski definition) is 1. The van der Waals surface area contributed by atoms with Gasteiger partial charge in [-0.15, -0.1) is 0 Å². The SMILES string of the molecule is COc1ccccc1CC1CCN(C(=O)c2cccc(C(N)=O)c2)CC1. The molecule has 0 unspecified atom stereocenters. The molecule has 5 nitrogen and oxygen atoms in total. The summed E-state index contributed by atoms with van der Waals surface area (Å²) < 4.78 is 5.43. The average molecular weight is 352 g/mol. The molecule has 1 aliphatic rings. The average Bonchev–Trinajstić information content (AvgIpc) is 2.68. The molecule has 0 spiro atoms. The summed E-state index contributed by atoms with van der Waals surface area (Å²) >= 11 is 0. The number of piperidine rings is 1. The lowest BCUT2D eigenvalue weighted by atomic mass is 9.89. The van der Waals surface area contributed by atoms with E-state index >= 15 is 0 Å². The molecule has 1 saturated heterocycles. The van der Waals surface area contributed by atoms with Crippen LogP contribution in [0.2, 0.25) is 0 Å². The van der Waals surface area contributed by atoms with Crippen LogP contribution in [-0.4, -0.2) is 36.9 Å². The van der Waals surface area contributed by atoms with Gasteiger partial charge in [-0.25, -0.2) is 0 Å². The first-order valence-electron chi connectivity index (χ1n) is 8.89. The monoisotopic (exact) mass is 352 g/mol. The summed E-state index contributed by atoms with van der Waals surface area (Å²) in [5.41, 5.74) is 7.40. The lowest BCUT2D eigenvalue weighted by molar-refractivity contribution is 0.0690. The van der Waals surface area contributed by atoms with E-state index in [1.165, 1.54) is 5.56 Å². The van der Waals surface area contributed by atoms with Crippen LogP contribution in [0.15, 0.2) is 48.5 Å². The molecule has 0 radical (unpaired) electrons. The Bertz CT molecular complexity index is 795. The zero-order valence-corrected chi connectivity index (χ0v) is 15.0. The number of likely N-dealkylation sites (tertiary alicyclic amines) is 1. The second-order valence-electron chi connectivity index (χ2n) is 6.70. The number of ether oxygens (including phenoxy) is 1. The summed E-state index contributed by atoms with van der Waals surface area (Å²) in [6.07, 6.45) is 2.88. The van der Waals surface area contributed by atoms with Gasteiger partial charge in [0.1, 0.15) is 5.75 Å². The lowest BCUT2D eigenvalue weighted by Crippen LogP contribution is -2.39. The summed E-state index contributed by atoms with van der Waals surface area (Å²) in [5, 5.41) is 0. The standard InChI is InChI=1S/C21H24N2O3/c1-26-19-8-3-2-5-16(19)13-15-9-11-23(12-10-15)21(25)18-7-4-6-17(14-18)20(22)24/h2-8,14-15H,9-13H2,1H3,(H2,22,24). The third-order valence-corrected chi connectivity index (χ3v) is 5.00. The molecule has 2 aromatic rings. The van der Waals surface area contributed by atoms with E-state index in [0.29, 0.717) is 17.0 Å². The number of benzene rings is 2. The minimum atomic E-state index is -0.518. The zero-order valence-electron chi connectivity index (χ0n) is 15.0. The molecule has 1 aliphatic heterocycles. The predicted octanol–water partition coefficient (Wildman–Crippen LogP) is 2.89. The van der Waals surface area contributed by atoms with E-state index in [9.17, 15) is 9.59 Å². The van der Waals surface area contributed by atoms with Gasteiger partial charge in [-0.3, -0.25) is 9.59 Å². The van der Waals surface area contributed by atoms with Crippen LogP contribution < -0.4 is 10.5 Å². The van der Waals surface area contributed by atoms with Gasteiger partial charge in [-0.1, -0.05) is 24.3 Å². The molecule has 0 saturated carbocycles. The number of nitrogens with zero attached hydrogens (tertiary/aromatic N) is 1. The van der Waals surface area contributed by atoms with Crippen molar-refractivity contribution >= 4 is 11.8 Å². The summed E-state index contributed by atoms with van der Waals surface area (Å²) in [7, 11) is 1.69. The first-order chi connectivity index (χ1) is 12.6. The highest BCUT2D eigenvalue weighted by Crippen LogP contribution is 2.27. The van der Waals surface area contributed by atoms with E-state index in [-0.39, 0.29) is 5.91 Å². The lowest BCUT2D eigenvalue weighted by Gasteiger charge is -2.32. The Morgan fingerprint density at radius 3 is 2.46 bits per heavy atom. The Balaban J connectivity index is 1.60. The first kappa shape index (κ1) is 18.0. The third kappa shape index (κ3) is 4.04. The van der Waals surface area contributed by atoms with Crippen molar-refractivity contribution in [3.05, 3.63) is 65.2 Å². The van der Waals surface area contributed by atoms with Gasteiger partial charge >= 0.3 is 0 Å². The van der Waals surface area contributed by atoms with Gasteiger partial charge in [0.15, 0.2) is 0 Å². The fourth-order valence-corrected chi connectivity index (χ4v) is 3.51. The maximum Gasteiger partial charge on any atom is 0.253 e. The molecule has 136 valence electrons. The van der Waals surface area contributed by atoms with E-state index in [2.05, 4.69) is 6.07 Å². The normalized spacial score (nSPS) is 14.9. The molecule has 1 heterocycles. The van der Waals surface area contributed by atoms with Crippen molar-refractivity contribution in [2.24, 2.45) is 11.7 Å². The Kier molecular flexibility index (Phi) is 5.56. The molecule has 2 aromatic carbocycles. The number of carbonyl (C=O) groups excluding carboxylic acids is 2. The number of methoxy groups -OCH3 is 1. The van der Waals surface area contributed by atoms with Gasteiger partial charge in [-0.05, 0) is 55.0 Å². The van der Waals surface area contributed by atoms with Crippen LogP contribution in [-0.2, 0) is 6.42 Å². The van der Waals surface area contributed by atoms with Crippen LogP contribution in [0.25, 0.3) is 0 Å². The highest BCUT2D eigenvalue weighted by Gasteiger charge is 2.24. The molecular formula is C21H24N2O3. The van der Waals surface area contributed by atoms with Crippen LogP contribution in [0.3, 0.4) is 0 Å². The Morgan fingerprint density at radius 1 is 1.08 bits per heavy atom. The number of primary amides is 1. The summed E-state index contributed by atoms with van der Waals surface area (Å²) in [6.45, 7) is 1.44. The van der Waals surface area contributed by atoms with E-state index < -0.39 is 5.91 Å². The van der Waals surface area contributed by atoms with E-state index in [1.54, 1.807) is 31.4 Å². The molecular weight excluding hydrogens is 328 g/mol.